The Morgan fingerprint density at radius 2 is 1.94 bits per heavy atom. The normalized spacial score (nSPS) is 19.1. The highest BCUT2D eigenvalue weighted by molar-refractivity contribution is 7.99. The number of aromatic nitrogens is 1. The number of nitrogens with one attached hydrogen (secondary N) is 1. The lowest BCUT2D eigenvalue weighted by Gasteiger charge is -2.20. The van der Waals surface area contributed by atoms with E-state index in [1.807, 2.05) is 11.8 Å². The Morgan fingerprint density at radius 3 is 2.65 bits per heavy atom. The van der Waals surface area contributed by atoms with Gasteiger partial charge in [-0.3, -0.25) is 4.79 Å². The molecule has 1 aromatic heterocycles. The van der Waals surface area contributed by atoms with E-state index < -0.39 is 0 Å². The molecule has 0 atom stereocenters. The number of nitrogen functional groups attached to an aromatic ring is 1. The Balaban J connectivity index is 1.95. The molecule has 0 saturated heterocycles. The fourth-order valence-corrected chi connectivity index (χ4v) is 3.75. The first-order valence-electron chi connectivity index (χ1n) is 6.42. The first-order chi connectivity index (χ1) is 8.25. The molecule has 0 spiro atoms. The molecule has 0 bridgehead atoms. The quantitative estimate of drug-likeness (QED) is 0.809. The van der Waals surface area contributed by atoms with Crippen molar-refractivity contribution in [3.05, 3.63) is 21.5 Å². The van der Waals surface area contributed by atoms with Crippen LogP contribution < -0.4 is 11.3 Å². The Hall–Kier alpha value is -0.900. The van der Waals surface area contributed by atoms with E-state index in [-0.39, 0.29) is 5.56 Å². The molecule has 3 rings (SSSR count). The van der Waals surface area contributed by atoms with Gasteiger partial charge in [0, 0.05) is 5.75 Å². The lowest BCUT2D eigenvalue weighted by Crippen LogP contribution is -2.20. The Morgan fingerprint density at radius 1 is 1.24 bits per heavy atom. The monoisotopic (exact) mass is 250 g/mol. The summed E-state index contributed by atoms with van der Waals surface area (Å²) >= 11 is 1.82. The van der Waals surface area contributed by atoms with Gasteiger partial charge in [-0.1, -0.05) is 0 Å². The zero-order chi connectivity index (χ0) is 11.8. The molecule has 1 aromatic rings. The summed E-state index contributed by atoms with van der Waals surface area (Å²) in [6, 6.07) is 0. The van der Waals surface area contributed by atoms with Crippen molar-refractivity contribution in [1.82, 2.24) is 4.98 Å². The van der Waals surface area contributed by atoms with Crippen LogP contribution in [0.15, 0.2) is 9.82 Å². The van der Waals surface area contributed by atoms with E-state index in [4.69, 9.17) is 5.73 Å². The highest BCUT2D eigenvalue weighted by Gasteiger charge is 2.24. The lowest BCUT2D eigenvalue weighted by atomic mass is 9.92. The molecule has 0 aromatic carbocycles. The second kappa shape index (κ2) is 4.41. The molecule has 2 aliphatic rings. The molecule has 0 radical (unpaired) electrons. The first kappa shape index (κ1) is 11.2. The van der Waals surface area contributed by atoms with Crippen LogP contribution in [0, 0.1) is 5.92 Å². The summed E-state index contributed by atoms with van der Waals surface area (Å²) in [6.45, 7) is 0. The van der Waals surface area contributed by atoms with Gasteiger partial charge in [-0.15, -0.1) is 11.8 Å². The second-order valence-electron chi connectivity index (χ2n) is 5.12. The molecule has 0 unspecified atom stereocenters. The Labute approximate surface area is 105 Å². The van der Waals surface area contributed by atoms with Crippen LogP contribution in [-0.4, -0.2) is 10.7 Å². The van der Waals surface area contributed by atoms with Gasteiger partial charge in [0.25, 0.3) is 5.56 Å². The molecule has 0 amide bonds. The predicted octanol–water partition coefficient (Wildman–Crippen LogP) is 2.34. The minimum atomic E-state index is -0.0936. The molecule has 92 valence electrons. The van der Waals surface area contributed by atoms with Crippen LogP contribution in [0.3, 0.4) is 0 Å². The van der Waals surface area contributed by atoms with Gasteiger partial charge in [-0.25, -0.2) is 0 Å². The van der Waals surface area contributed by atoms with Gasteiger partial charge in [0.2, 0.25) is 0 Å². The number of pyridine rings is 1. The van der Waals surface area contributed by atoms with Crippen molar-refractivity contribution in [2.45, 2.75) is 43.6 Å². The molecular formula is C13H18N2OS. The van der Waals surface area contributed by atoms with Crippen LogP contribution in [-0.2, 0) is 12.8 Å². The van der Waals surface area contributed by atoms with Crippen molar-refractivity contribution < 1.29 is 0 Å². The van der Waals surface area contributed by atoms with Crippen molar-refractivity contribution in [3.63, 3.8) is 0 Å². The SMILES string of the molecule is Nc1c2c(c(SCC3CC3)[nH]c1=O)CCCC2. The molecule has 1 heterocycles. The standard InChI is InChI=1S/C13H18N2OS/c14-11-9-3-1-2-4-10(9)13(15-12(11)16)17-7-8-5-6-8/h8H,1-7,14H2,(H,15,16). The second-order valence-corrected chi connectivity index (χ2v) is 6.15. The summed E-state index contributed by atoms with van der Waals surface area (Å²) < 4.78 is 0. The summed E-state index contributed by atoms with van der Waals surface area (Å²) in [4.78, 5) is 14.7. The maximum absolute atomic E-state index is 11.8. The van der Waals surface area contributed by atoms with Gasteiger partial charge in [-0.05, 0) is 55.6 Å². The van der Waals surface area contributed by atoms with Crippen molar-refractivity contribution in [3.8, 4) is 0 Å². The smallest absolute Gasteiger partial charge is 0.272 e. The van der Waals surface area contributed by atoms with E-state index in [9.17, 15) is 4.79 Å². The predicted molar refractivity (Wildman–Crippen MR) is 71.6 cm³/mol. The third kappa shape index (κ3) is 2.23. The number of H-pyrrole nitrogens is 1. The topological polar surface area (TPSA) is 58.9 Å². The number of rotatable bonds is 3. The minimum absolute atomic E-state index is 0.0936. The van der Waals surface area contributed by atoms with Crippen molar-refractivity contribution in [1.29, 1.82) is 0 Å². The number of anilines is 1. The molecular weight excluding hydrogens is 232 g/mol. The average molecular weight is 250 g/mol. The summed E-state index contributed by atoms with van der Waals surface area (Å²) in [5, 5.41) is 1.09. The molecule has 3 N–H and O–H groups in total. The largest absolute Gasteiger partial charge is 0.394 e. The zero-order valence-corrected chi connectivity index (χ0v) is 10.7. The van der Waals surface area contributed by atoms with Gasteiger partial charge in [0.15, 0.2) is 0 Å². The van der Waals surface area contributed by atoms with E-state index in [2.05, 4.69) is 4.98 Å². The molecule has 1 saturated carbocycles. The highest BCUT2D eigenvalue weighted by atomic mass is 32.2. The number of fused-ring (bicyclic) bond motifs is 1. The molecule has 2 aliphatic carbocycles. The molecule has 17 heavy (non-hydrogen) atoms. The van der Waals surface area contributed by atoms with Crippen LogP contribution >= 0.6 is 11.8 Å². The number of hydrogen-bond donors (Lipinski definition) is 2. The summed E-state index contributed by atoms with van der Waals surface area (Å²) in [5.41, 5.74) is 8.69. The first-order valence-corrected chi connectivity index (χ1v) is 7.40. The van der Waals surface area contributed by atoms with E-state index in [1.165, 1.54) is 24.8 Å². The van der Waals surface area contributed by atoms with E-state index in [1.54, 1.807) is 0 Å². The molecule has 4 heteroatoms. The Kier molecular flexibility index (Phi) is 2.90. The van der Waals surface area contributed by atoms with Gasteiger partial charge < -0.3 is 10.7 Å². The molecule has 0 aliphatic heterocycles. The van der Waals surface area contributed by atoms with E-state index in [0.29, 0.717) is 5.69 Å². The van der Waals surface area contributed by atoms with Crippen LogP contribution in [0.5, 0.6) is 0 Å². The van der Waals surface area contributed by atoms with Crippen LogP contribution in [0.1, 0.15) is 36.8 Å². The van der Waals surface area contributed by atoms with Crippen molar-refractivity contribution in [2.75, 3.05) is 11.5 Å². The summed E-state index contributed by atoms with van der Waals surface area (Å²) in [6.07, 6.45) is 7.14. The third-order valence-corrected chi connectivity index (χ3v) is 4.97. The maximum Gasteiger partial charge on any atom is 0.272 e. The van der Waals surface area contributed by atoms with Gasteiger partial charge in [0.05, 0.1) is 5.03 Å². The molecule has 3 nitrogen and oxygen atoms in total. The van der Waals surface area contributed by atoms with Gasteiger partial charge in [0.1, 0.15) is 5.69 Å². The maximum atomic E-state index is 11.8. The van der Waals surface area contributed by atoms with E-state index in [0.717, 1.165) is 41.5 Å². The summed E-state index contributed by atoms with van der Waals surface area (Å²) in [7, 11) is 0. The highest BCUT2D eigenvalue weighted by Crippen LogP contribution is 2.37. The number of hydrogen-bond acceptors (Lipinski definition) is 3. The van der Waals surface area contributed by atoms with E-state index >= 15 is 0 Å². The van der Waals surface area contributed by atoms with Gasteiger partial charge in [-0.2, -0.15) is 0 Å². The van der Waals surface area contributed by atoms with Crippen molar-refractivity contribution in [2.24, 2.45) is 5.92 Å². The van der Waals surface area contributed by atoms with Crippen LogP contribution in [0.4, 0.5) is 5.69 Å². The third-order valence-electron chi connectivity index (χ3n) is 3.70. The fraction of sp³-hybridized carbons (Fsp3) is 0.615. The zero-order valence-electron chi connectivity index (χ0n) is 9.92. The van der Waals surface area contributed by atoms with Gasteiger partial charge >= 0.3 is 0 Å². The number of nitrogens with two attached hydrogens (primary N) is 1. The minimum Gasteiger partial charge on any atom is -0.394 e. The molecule has 1 fully saturated rings. The lowest BCUT2D eigenvalue weighted by molar-refractivity contribution is 0.667. The number of thioether (sulfide) groups is 1. The van der Waals surface area contributed by atoms with Crippen LogP contribution in [0.2, 0.25) is 0 Å². The van der Waals surface area contributed by atoms with Crippen molar-refractivity contribution >= 4 is 17.4 Å². The fourth-order valence-electron chi connectivity index (χ4n) is 2.44. The summed E-state index contributed by atoms with van der Waals surface area (Å²) in [5.74, 6) is 2.02. The van der Waals surface area contributed by atoms with Crippen LogP contribution in [0.25, 0.3) is 0 Å². The Bertz CT molecular complexity index is 491. The number of aromatic amines is 1. The average Bonchev–Trinajstić information content (AvgIpc) is 3.16.